The lowest BCUT2D eigenvalue weighted by Gasteiger charge is -2.51. The molecule has 3 aliphatic carbocycles. The number of halogens is 3. The topological polar surface area (TPSA) is 185 Å². The second-order valence-electron chi connectivity index (χ2n) is 20.9. The normalized spacial score (nSPS) is 25.6. The molecule has 1 aromatic heterocycles. The number of primary amides is 1. The van der Waals surface area contributed by atoms with Gasteiger partial charge in [-0.05, 0) is 106 Å². The van der Waals surface area contributed by atoms with Gasteiger partial charge in [0.2, 0.25) is 17.7 Å². The van der Waals surface area contributed by atoms with Crippen molar-refractivity contribution in [3.63, 3.8) is 0 Å². The SMILES string of the molecule is CC1c2c(cc(F)c(Cl)c2-c2c(C(N)=O)ccc(OCCO)c2F)OC1(CNC12CCC(C(=O)N3CCC(N4CCC(c5ccc6c(N7CCC(=O)NC7=O)nn(C)c6c5)CC4)CC3)(C1)C2)c1ccccc1. The molecule has 0 spiro atoms. The second kappa shape index (κ2) is 18.4. The Morgan fingerprint density at radius 2 is 1.72 bits per heavy atom. The monoisotopic (exact) mass is 1000 g/mol. The van der Waals surface area contributed by atoms with Crippen LogP contribution in [0.1, 0.15) is 104 Å². The average molecular weight is 1010 g/mol. The fraction of sp³-hybridized carbons (Fsp3) is 0.463. The van der Waals surface area contributed by atoms with E-state index in [9.17, 15) is 24.3 Å². The number of hydrogen-bond acceptors (Lipinski definition) is 10. The number of carbonyl (C=O) groups is 4. The Labute approximate surface area is 420 Å². The fourth-order valence-corrected chi connectivity index (χ4v) is 13.4. The molecule has 6 fully saturated rings. The number of aliphatic hydroxyl groups is 1. The van der Waals surface area contributed by atoms with E-state index in [0.29, 0.717) is 42.7 Å². The number of benzene rings is 4. The summed E-state index contributed by atoms with van der Waals surface area (Å²) in [6.45, 7) is 5.32. The molecule has 12 rings (SSSR count). The maximum absolute atomic E-state index is 16.5. The number of fused-ring (bicyclic) bond motifs is 3. The number of nitrogens with one attached hydrogen (secondary N) is 2. The van der Waals surface area contributed by atoms with Crippen LogP contribution in [0.15, 0.2) is 66.7 Å². The number of imide groups is 1. The molecule has 7 aliphatic rings. The van der Waals surface area contributed by atoms with Gasteiger partial charge in [0.1, 0.15) is 18.2 Å². The summed E-state index contributed by atoms with van der Waals surface area (Å²) < 4.78 is 46.6. The average Bonchev–Trinajstić information content (AvgIpc) is 4.12. The molecule has 5 amide bonds. The predicted molar refractivity (Wildman–Crippen MR) is 266 cm³/mol. The van der Waals surface area contributed by atoms with Gasteiger partial charge < -0.3 is 35.4 Å². The van der Waals surface area contributed by atoms with E-state index in [-0.39, 0.29) is 71.7 Å². The van der Waals surface area contributed by atoms with Gasteiger partial charge in [0, 0.05) is 85.3 Å². The van der Waals surface area contributed by atoms with Gasteiger partial charge in [0.05, 0.1) is 28.1 Å². The summed E-state index contributed by atoms with van der Waals surface area (Å²) in [5, 5.41) is 20.8. The molecule has 5 heterocycles. The van der Waals surface area contributed by atoms with Crippen molar-refractivity contribution in [2.24, 2.45) is 18.2 Å². The van der Waals surface area contributed by atoms with Crippen LogP contribution in [0.3, 0.4) is 0 Å². The molecule has 2 unspecified atom stereocenters. The van der Waals surface area contributed by atoms with E-state index in [1.807, 2.05) is 49.0 Å². The van der Waals surface area contributed by atoms with Crippen molar-refractivity contribution in [3.8, 4) is 22.6 Å². The van der Waals surface area contributed by atoms with Gasteiger partial charge >= 0.3 is 6.03 Å². The van der Waals surface area contributed by atoms with Crippen LogP contribution in [0.2, 0.25) is 5.02 Å². The zero-order valence-electron chi connectivity index (χ0n) is 40.4. The number of ether oxygens (including phenoxy) is 2. The Morgan fingerprint density at radius 1 is 0.972 bits per heavy atom. The maximum Gasteiger partial charge on any atom is 0.329 e. The summed E-state index contributed by atoms with van der Waals surface area (Å²) >= 11 is 6.75. The minimum Gasteiger partial charge on any atom is -0.488 e. The molecule has 2 atom stereocenters. The number of likely N-dealkylation sites (tertiary alicyclic amines) is 2. The van der Waals surface area contributed by atoms with Crippen molar-refractivity contribution in [2.75, 3.05) is 57.4 Å². The van der Waals surface area contributed by atoms with E-state index in [1.165, 1.54) is 28.7 Å². The number of nitrogens with two attached hydrogens (primary N) is 1. The number of aryl methyl sites for hydroxylation is 1. The van der Waals surface area contributed by atoms with Crippen LogP contribution in [0.4, 0.5) is 19.4 Å². The predicted octanol–water partition coefficient (Wildman–Crippen LogP) is 7.25. The first kappa shape index (κ1) is 48.1. The highest BCUT2D eigenvalue weighted by atomic mass is 35.5. The van der Waals surface area contributed by atoms with Gasteiger partial charge in [0.25, 0.3) is 0 Å². The highest BCUT2D eigenvalue weighted by molar-refractivity contribution is 6.34. The van der Waals surface area contributed by atoms with E-state index in [1.54, 1.807) is 0 Å². The van der Waals surface area contributed by atoms with Crippen LogP contribution >= 0.6 is 11.6 Å². The molecule has 4 aliphatic heterocycles. The summed E-state index contributed by atoms with van der Waals surface area (Å²) in [6.07, 6.45) is 7.13. The third kappa shape index (κ3) is 7.98. The molecule has 3 saturated carbocycles. The lowest BCUT2D eigenvalue weighted by Crippen LogP contribution is -2.62. The van der Waals surface area contributed by atoms with E-state index < -0.39 is 45.5 Å². The minimum atomic E-state index is -1.13. The maximum atomic E-state index is 16.5. The van der Waals surface area contributed by atoms with Gasteiger partial charge in [-0.1, -0.05) is 54.9 Å². The van der Waals surface area contributed by atoms with E-state index in [4.69, 9.17) is 26.8 Å². The van der Waals surface area contributed by atoms with Crippen LogP contribution in [-0.2, 0) is 22.2 Å². The highest BCUT2D eigenvalue weighted by Gasteiger charge is 2.66. The van der Waals surface area contributed by atoms with Crippen LogP contribution in [0.5, 0.6) is 11.5 Å². The zero-order chi connectivity index (χ0) is 50.3. The number of hydrogen-bond donors (Lipinski definition) is 4. The summed E-state index contributed by atoms with van der Waals surface area (Å²) in [5.41, 5.74) is 6.75. The Morgan fingerprint density at radius 3 is 2.43 bits per heavy atom. The molecule has 0 radical (unpaired) electrons. The van der Waals surface area contributed by atoms with Crippen LogP contribution in [-0.4, -0.2) is 113 Å². The summed E-state index contributed by atoms with van der Waals surface area (Å²) in [5.74, 6) is -2.52. The molecule has 378 valence electrons. The Hall–Kier alpha value is -6.14. The smallest absolute Gasteiger partial charge is 0.329 e. The second-order valence-corrected chi connectivity index (χ2v) is 21.2. The Bertz CT molecular complexity index is 3000. The van der Waals surface area contributed by atoms with Gasteiger partial charge in [-0.25, -0.2) is 13.6 Å². The van der Waals surface area contributed by atoms with Crippen LogP contribution in [0, 0.1) is 17.0 Å². The highest BCUT2D eigenvalue weighted by Crippen LogP contribution is 2.63. The lowest BCUT2D eigenvalue weighted by molar-refractivity contribution is -0.149. The van der Waals surface area contributed by atoms with Crippen molar-refractivity contribution in [2.45, 2.75) is 93.7 Å². The van der Waals surface area contributed by atoms with Crippen molar-refractivity contribution >= 4 is 52.1 Å². The molecule has 15 nitrogen and oxygen atoms in total. The molecule has 72 heavy (non-hydrogen) atoms. The first-order chi connectivity index (χ1) is 34.6. The molecule has 3 saturated heterocycles. The quantitative estimate of drug-likeness (QED) is 0.0937. The summed E-state index contributed by atoms with van der Waals surface area (Å²) in [7, 11) is 1.88. The number of rotatable bonds is 13. The van der Waals surface area contributed by atoms with Crippen LogP contribution < -0.4 is 30.7 Å². The number of amides is 5. The standard InChI is InChI=1S/C54H59ClF2N8O7/c1-31-43-41(27-38(56)46(55)45(43)44-37(48(58)68)10-11-40(47(44)57)71-25-24-66)72-54(31,34-6-4-3-5-7-34)30-59-53-18-17-52(28-53,29-53)50(69)64-21-14-35(15-22-64)63-19-12-32(13-20-63)33-8-9-36-39(26-33)62(2)61-49(36)65-23-16-42(67)60-51(65)70/h3-11,26-27,31-32,35,59,66H,12-25,28-30H2,1-2H3,(H2,58,68)(H,60,67,70). The summed E-state index contributed by atoms with van der Waals surface area (Å²) in [6, 6.07) is 19.7. The largest absolute Gasteiger partial charge is 0.488 e. The molecular formula is C54H59ClF2N8O7. The third-order valence-corrected chi connectivity index (χ3v) is 17.3. The van der Waals surface area contributed by atoms with E-state index >= 15 is 8.78 Å². The van der Waals surface area contributed by atoms with Crippen molar-refractivity contribution in [3.05, 3.63) is 106 Å². The van der Waals surface area contributed by atoms with Gasteiger partial charge in [-0.3, -0.25) is 29.3 Å². The number of nitrogens with zero attached hydrogens (tertiary/aromatic N) is 5. The first-order valence-electron chi connectivity index (χ1n) is 25.1. The zero-order valence-corrected chi connectivity index (χ0v) is 41.2. The molecular weight excluding hydrogens is 946 g/mol. The van der Waals surface area contributed by atoms with E-state index in [0.717, 1.165) is 81.2 Å². The summed E-state index contributed by atoms with van der Waals surface area (Å²) in [4.78, 5) is 57.9. The third-order valence-electron chi connectivity index (χ3n) is 16.9. The number of carbonyl (C=O) groups excluding carboxylic acids is 4. The van der Waals surface area contributed by atoms with Crippen LogP contribution in [0.25, 0.3) is 22.0 Å². The Kier molecular flexibility index (Phi) is 12.3. The number of piperidine rings is 2. The van der Waals surface area contributed by atoms with Crippen molar-refractivity contribution in [1.82, 2.24) is 30.2 Å². The molecule has 4 aromatic carbocycles. The minimum absolute atomic E-state index is 0.0550. The first-order valence-corrected chi connectivity index (χ1v) is 25.5. The van der Waals surface area contributed by atoms with Crippen molar-refractivity contribution < 1.29 is 42.5 Å². The number of anilines is 1. The Balaban J connectivity index is 0.738. The fourth-order valence-electron chi connectivity index (χ4n) is 13.2. The molecule has 2 bridgehead atoms. The number of urea groups is 1. The van der Waals surface area contributed by atoms with Gasteiger partial charge in [0.15, 0.2) is 23.0 Å². The molecule has 18 heteroatoms. The number of aromatic nitrogens is 2. The van der Waals surface area contributed by atoms with E-state index in [2.05, 4.69) is 43.7 Å². The lowest BCUT2D eigenvalue weighted by atomic mass is 9.63. The van der Waals surface area contributed by atoms with Gasteiger partial charge in [-0.2, -0.15) is 5.10 Å². The molecule has 5 aromatic rings. The van der Waals surface area contributed by atoms with Gasteiger partial charge in [-0.15, -0.1) is 0 Å². The van der Waals surface area contributed by atoms with Crippen molar-refractivity contribution in [1.29, 1.82) is 0 Å². The number of aliphatic hydroxyl groups excluding tert-OH is 1. The molecule has 5 N–H and O–H groups in total.